The van der Waals surface area contributed by atoms with Gasteiger partial charge in [-0.15, -0.1) is 0 Å². The van der Waals surface area contributed by atoms with Crippen molar-refractivity contribution in [3.8, 4) is 0 Å². The number of fused-ring (bicyclic) bond motifs is 1. The summed E-state index contributed by atoms with van der Waals surface area (Å²) in [6.07, 6.45) is 2.65. The summed E-state index contributed by atoms with van der Waals surface area (Å²) in [7, 11) is 0. The summed E-state index contributed by atoms with van der Waals surface area (Å²) in [6, 6.07) is 16.3. The van der Waals surface area contributed by atoms with Crippen LogP contribution in [0.3, 0.4) is 0 Å². The van der Waals surface area contributed by atoms with Gasteiger partial charge in [0.05, 0.1) is 11.1 Å². The van der Waals surface area contributed by atoms with Crippen LogP contribution in [0.15, 0.2) is 60.8 Å². The van der Waals surface area contributed by atoms with E-state index in [0.29, 0.717) is 12.1 Å². The fraction of sp³-hybridized carbons (Fsp3) is 0.273. The monoisotopic (exact) mass is 363 g/mol. The topological polar surface area (TPSA) is 36.4 Å². The fourth-order valence-electron chi connectivity index (χ4n) is 3.63. The van der Waals surface area contributed by atoms with Gasteiger partial charge in [-0.1, -0.05) is 30.3 Å². The molecule has 1 aliphatic heterocycles. The first-order chi connectivity index (χ1) is 13.2. The van der Waals surface area contributed by atoms with Crippen LogP contribution in [0.5, 0.6) is 0 Å². The van der Waals surface area contributed by atoms with E-state index in [-0.39, 0.29) is 11.7 Å². The molecule has 1 saturated heterocycles. The number of carbonyl (C=O) groups excluding carboxylic acids is 1. The lowest BCUT2D eigenvalue weighted by molar-refractivity contribution is 0.0763. The van der Waals surface area contributed by atoms with Crippen molar-refractivity contribution in [2.45, 2.75) is 13.0 Å². The Balaban J connectivity index is 1.46. The van der Waals surface area contributed by atoms with Crippen LogP contribution in [-0.2, 0) is 6.54 Å². The molecule has 4 nitrogen and oxygen atoms in total. The molecule has 1 aromatic heterocycles. The van der Waals surface area contributed by atoms with E-state index >= 15 is 0 Å². The van der Waals surface area contributed by atoms with Gasteiger partial charge in [0.25, 0.3) is 5.91 Å². The second-order valence-electron chi connectivity index (χ2n) is 6.93. The Morgan fingerprint density at radius 3 is 2.63 bits per heavy atom. The summed E-state index contributed by atoms with van der Waals surface area (Å²) in [5.41, 5.74) is 2.52. The molecule has 0 atom stereocenters. The molecule has 0 unspecified atom stereocenters. The van der Waals surface area contributed by atoms with Crippen LogP contribution in [0.1, 0.15) is 22.3 Å². The van der Waals surface area contributed by atoms with Crippen molar-refractivity contribution in [2.75, 3.05) is 26.2 Å². The van der Waals surface area contributed by atoms with Gasteiger partial charge in [0, 0.05) is 44.3 Å². The second kappa shape index (κ2) is 7.84. The van der Waals surface area contributed by atoms with Gasteiger partial charge in [-0.05, 0) is 36.2 Å². The molecule has 1 aliphatic rings. The average molecular weight is 363 g/mol. The number of aromatic nitrogens is 1. The summed E-state index contributed by atoms with van der Waals surface area (Å²) in [4.78, 5) is 21.8. The number of para-hydroxylation sites is 1. The molecule has 138 valence electrons. The molecule has 0 N–H and O–H groups in total. The van der Waals surface area contributed by atoms with Crippen molar-refractivity contribution in [1.29, 1.82) is 0 Å². The van der Waals surface area contributed by atoms with Gasteiger partial charge in [0.2, 0.25) is 0 Å². The summed E-state index contributed by atoms with van der Waals surface area (Å²) in [6.45, 7) is 3.93. The maximum Gasteiger partial charge on any atom is 0.256 e. The molecule has 2 heterocycles. The number of rotatable bonds is 3. The van der Waals surface area contributed by atoms with Crippen LogP contribution in [0.4, 0.5) is 4.39 Å². The first-order valence-corrected chi connectivity index (χ1v) is 9.30. The minimum Gasteiger partial charge on any atom is -0.337 e. The zero-order chi connectivity index (χ0) is 18.6. The van der Waals surface area contributed by atoms with E-state index in [9.17, 15) is 9.18 Å². The van der Waals surface area contributed by atoms with E-state index in [1.807, 2.05) is 47.4 Å². The highest BCUT2D eigenvalue weighted by Gasteiger charge is 2.22. The van der Waals surface area contributed by atoms with Gasteiger partial charge in [-0.25, -0.2) is 4.39 Å². The molecule has 0 radical (unpaired) electrons. The standard InChI is InChI=1S/C22H22FN3O/c23-19-9-7-17(8-10-19)16-25-12-3-13-26(15-14-25)22(27)20-6-1-4-18-5-2-11-24-21(18)20/h1-2,4-11H,3,12-16H2. The summed E-state index contributed by atoms with van der Waals surface area (Å²) in [5, 5.41) is 0.983. The minimum absolute atomic E-state index is 0.0444. The maximum absolute atomic E-state index is 13.1. The first-order valence-electron chi connectivity index (χ1n) is 9.30. The molecule has 0 aliphatic carbocycles. The Labute approximate surface area is 158 Å². The van der Waals surface area contributed by atoms with Crippen LogP contribution in [0.2, 0.25) is 0 Å². The Morgan fingerprint density at radius 2 is 1.78 bits per heavy atom. The van der Waals surface area contributed by atoms with Gasteiger partial charge in [-0.3, -0.25) is 14.7 Å². The van der Waals surface area contributed by atoms with Crippen molar-refractivity contribution in [2.24, 2.45) is 0 Å². The van der Waals surface area contributed by atoms with Crippen molar-refractivity contribution >= 4 is 16.8 Å². The van der Waals surface area contributed by atoms with Crippen LogP contribution in [-0.4, -0.2) is 46.9 Å². The summed E-state index contributed by atoms with van der Waals surface area (Å²) >= 11 is 0. The molecule has 0 bridgehead atoms. The highest BCUT2D eigenvalue weighted by atomic mass is 19.1. The maximum atomic E-state index is 13.1. The molecule has 3 aromatic rings. The van der Waals surface area contributed by atoms with Crippen molar-refractivity contribution in [1.82, 2.24) is 14.8 Å². The van der Waals surface area contributed by atoms with Gasteiger partial charge in [0.1, 0.15) is 5.82 Å². The van der Waals surface area contributed by atoms with Crippen molar-refractivity contribution in [3.63, 3.8) is 0 Å². The van der Waals surface area contributed by atoms with Crippen LogP contribution >= 0.6 is 0 Å². The van der Waals surface area contributed by atoms with Gasteiger partial charge < -0.3 is 4.90 Å². The number of halogens is 1. The lowest BCUT2D eigenvalue weighted by atomic mass is 10.1. The number of benzene rings is 2. The van der Waals surface area contributed by atoms with Crippen molar-refractivity contribution in [3.05, 3.63) is 77.7 Å². The van der Waals surface area contributed by atoms with E-state index in [0.717, 1.165) is 49.1 Å². The van der Waals surface area contributed by atoms with Crippen molar-refractivity contribution < 1.29 is 9.18 Å². The molecule has 27 heavy (non-hydrogen) atoms. The molecule has 2 aromatic carbocycles. The molecule has 0 saturated carbocycles. The Morgan fingerprint density at radius 1 is 0.963 bits per heavy atom. The Bertz CT molecular complexity index is 936. The third kappa shape index (κ3) is 3.98. The lowest BCUT2D eigenvalue weighted by Crippen LogP contribution is -2.35. The molecular weight excluding hydrogens is 341 g/mol. The van der Waals surface area contributed by atoms with Crippen LogP contribution in [0.25, 0.3) is 10.9 Å². The second-order valence-corrected chi connectivity index (χ2v) is 6.93. The SMILES string of the molecule is O=C(c1cccc2cccnc12)N1CCCN(Cc2ccc(F)cc2)CC1. The third-order valence-electron chi connectivity index (χ3n) is 5.06. The highest BCUT2D eigenvalue weighted by Crippen LogP contribution is 2.19. The molecular formula is C22H22FN3O. The molecule has 1 amide bonds. The number of carbonyl (C=O) groups is 1. The zero-order valence-corrected chi connectivity index (χ0v) is 15.1. The van der Waals surface area contributed by atoms with E-state index in [1.165, 1.54) is 12.1 Å². The average Bonchev–Trinajstić information content (AvgIpc) is 2.94. The zero-order valence-electron chi connectivity index (χ0n) is 15.1. The van der Waals surface area contributed by atoms with E-state index in [1.54, 1.807) is 6.20 Å². The lowest BCUT2D eigenvalue weighted by Gasteiger charge is -2.22. The normalized spacial score (nSPS) is 15.7. The summed E-state index contributed by atoms with van der Waals surface area (Å²) < 4.78 is 13.1. The highest BCUT2D eigenvalue weighted by molar-refractivity contribution is 6.05. The number of hydrogen-bond acceptors (Lipinski definition) is 3. The van der Waals surface area contributed by atoms with Gasteiger partial charge in [-0.2, -0.15) is 0 Å². The molecule has 4 rings (SSSR count). The largest absolute Gasteiger partial charge is 0.337 e. The first kappa shape index (κ1) is 17.6. The van der Waals surface area contributed by atoms with Gasteiger partial charge >= 0.3 is 0 Å². The van der Waals surface area contributed by atoms with E-state index < -0.39 is 0 Å². The smallest absolute Gasteiger partial charge is 0.256 e. The van der Waals surface area contributed by atoms with E-state index in [4.69, 9.17) is 0 Å². The molecule has 0 spiro atoms. The number of pyridine rings is 1. The molecule has 5 heteroatoms. The molecule has 1 fully saturated rings. The summed E-state index contributed by atoms with van der Waals surface area (Å²) in [5.74, 6) is -0.169. The quantitative estimate of drug-likeness (QED) is 0.712. The fourth-order valence-corrected chi connectivity index (χ4v) is 3.63. The minimum atomic E-state index is -0.213. The predicted molar refractivity (Wildman–Crippen MR) is 104 cm³/mol. The van der Waals surface area contributed by atoms with Crippen LogP contribution in [0, 0.1) is 5.82 Å². The predicted octanol–water partition coefficient (Wildman–Crippen LogP) is 3.72. The third-order valence-corrected chi connectivity index (χ3v) is 5.06. The van der Waals surface area contributed by atoms with Crippen LogP contribution < -0.4 is 0 Å². The van der Waals surface area contributed by atoms with E-state index in [2.05, 4.69) is 9.88 Å². The Kier molecular flexibility index (Phi) is 5.12. The number of nitrogens with zero attached hydrogens (tertiary/aromatic N) is 3. The Hall–Kier alpha value is -2.79. The van der Waals surface area contributed by atoms with Gasteiger partial charge in [0.15, 0.2) is 0 Å². The number of hydrogen-bond donors (Lipinski definition) is 0. The number of amides is 1.